The van der Waals surface area contributed by atoms with Crippen LogP contribution in [0.25, 0.3) is 0 Å². The smallest absolute Gasteiger partial charge is 0.0329 e. The van der Waals surface area contributed by atoms with Crippen molar-refractivity contribution in [1.29, 1.82) is 0 Å². The summed E-state index contributed by atoms with van der Waals surface area (Å²) in [5.41, 5.74) is 0. The predicted octanol–water partition coefficient (Wildman–Crippen LogP) is 3.96. The lowest BCUT2D eigenvalue weighted by Crippen LogP contribution is -2.32. The summed E-state index contributed by atoms with van der Waals surface area (Å²) in [5, 5.41) is 0. The summed E-state index contributed by atoms with van der Waals surface area (Å²) < 4.78 is 0. The van der Waals surface area contributed by atoms with E-state index in [-0.39, 0.29) is 0 Å². The lowest BCUT2D eigenvalue weighted by molar-refractivity contribution is 0.0936. The Morgan fingerprint density at radius 3 is 1.38 bits per heavy atom. The molecule has 2 fully saturated rings. The molecule has 2 saturated carbocycles. The molecule has 2 aliphatic carbocycles. The molecule has 0 aliphatic heterocycles. The van der Waals surface area contributed by atoms with Gasteiger partial charge in [-0.3, -0.25) is 0 Å². The molecular formula is C13H24. The molecule has 2 aliphatic rings. The van der Waals surface area contributed by atoms with E-state index in [1.165, 1.54) is 19.3 Å². The zero-order valence-corrected chi connectivity index (χ0v) is 9.59. The highest BCUT2D eigenvalue weighted by Gasteiger charge is 2.45. The molecule has 0 N–H and O–H groups in total. The molecule has 0 spiro atoms. The van der Waals surface area contributed by atoms with Crippen LogP contribution < -0.4 is 0 Å². The van der Waals surface area contributed by atoms with E-state index in [1.807, 2.05) is 0 Å². The average Bonchev–Trinajstić information content (AvgIpc) is 2.36. The van der Waals surface area contributed by atoms with E-state index < -0.39 is 0 Å². The van der Waals surface area contributed by atoms with Crippen LogP contribution in [0, 0.1) is 35.5 Å². The van der Waals surface area contributed by atoms with E-state index in [0.29, 0.717) is 0 Å². The van der Waals surface area contributed by atoms with Crippen molar-refractivity contribution in [1.82, 2.24) is 0 Å². The van der Waals surface area contributed by atoms with Crippen LogP contribution in [0.15, 0.2) is 0 Å². The first kappa shape index (κ1) is 9.55. The molecule has 0 aromatic heterocycles. The molecule has 0 amide bonds. The van der Waals surface area contributed by atoms with Crippen LogP contribution in [-0.2, 0) is 0 Å². The summed E-state index contributed by atoms with van der Waals surface area (Å²) in [7, 11) is 0. The van der Waals surface area contributed by atoms with Gasteiger partial charge in [0.1, 0.15) is 0 Å². The second kappa shape index (κ2) is 3.29. The molecule has 0 saturated heterocycles. The molecule has 2 rings (SSSR count). The summed E-state index contributed by atoms with van der Waals surface area (Å²) in [4.78, 5) is 0. The van der Waals surface area contributed by atoms with E-state index in [9.17, 15) is 0 Å². The number of fused-ring (bicyclic) bond motifs is 1. The maximum atomic E-state index is 2.48. The van der Waals surface area contributed by atoms with Gasteiger partial charge in [-0.05, 0) is 41.9 Å². The molecule has 6 unspecified atom stereocenters. The first-order valence-corrected chi connectivity index (χ1v) is 6.11. The van der Waals surface area contributed by atoms with Gasteiger partial charge in [0.2, 0.25) is 0 Å². The van der Waals surface area contributed by atoms with Crippen molar-refractivity contribution in [3.63, 3.8) is 0 Å². The quantitative estimate of drug-likeness (QED) is 0.529. The monoisotopic (exact) mass is 180 g/mol. The van der Waals surface area contributed by atoms with Crippen LogP contribution in [0.2, 0.25) is 0 Å². The molecule has 0 aromatic rings. The van der Waals surface area contributed by atoms with Gasteiger partial charge in [0.05, 0.1) is 0 Å². The summed E-state index contributed by atoms with van der Waals surface area (Å²) in [6.45, 7) is 9.93. The van der Waals surface area contributed by atoms with Gasteiger partial charge in [-0.1, -0.05) is 40.5 Å². The Hall–Kier alpha value is 0. The van der Waals surface area contributed by atoms with Crippen LogP contribution >= 0.6 is 0 Å². The standard InChI is InChI=1S/C13H24/c1-8-5-6-9(2)13-11(4)7-10(3)12(8)13/h8-13H,5-7H2,1-4H3. The van der Waals surface area contributed by atoms with Gasteiger partial charge in [0.25, 0.3) is 0 Å². The molecule has 0 radical (unpaired) electrons. The zero-order chi connectivity index (χ0) is 9.59. The largest absolute Gasteiger partial charge is 0.0622 e. The Morgan fingerprint density at radius 2 is 1.00 bits per heavy atom. The van der Waals surface area contributed by atoms with Gasteiger partial charge >= 0.3 is 0 Å². The Bertz CT molecular complexity index is 156. The SMILES string of the molecule is CC1CCC(C)C2C(C)CC(C)C12. The molecule has 13 heavy (non-hydrogen) atoms. The molecule has 0 aromatic carbocycles. The van der Waals surface area contributed by atoms with Crippen molar-refractivity contribution in [2.45, 2.75) is 47.0 Å². The third-order valence-electron chi connectivity index (χ3n) is 4.89. The summed E-state index contributed by atoms with van der Waals surface area (Å²) in [6.07, 6.45) is 4.46. The van der Waals surface area contributed by atoms with Crippen molar-refractivity contribution < 1.29 is 0 Å². The van der Waals surface area contributed by atoms with Gasteiger partial charge < -0.3 is 0 Å². The minimum absolute atomic E-state index is 0.998. The van der Waals surface area contributed by atoms with Gasteiger partial charge in [-0.25, -0.2) is 0 Å². The van der Waals surface area contributed by atoms with Gasteiger partial charge in [0, 0.05) is 0 Å². The first-order chi connectivity index (χ1) is 6.11. The summed E-state index contributed by atoms with van der Waals surface area (Å²) in [5.74, 6) is 6.11. The Kier molecular flexibility index (Phi) is 2.42. The summed E-state index contributed by atoms with van der Waals surface area (Å²) in [6, 6.07) is 0. The molecule has 0 heterocycles. The Morgan fingerprint density at radius 1 is 0.615 bits per heavy atom. The molecule has 0 heteroatoms. The van der Waals surface area contributed by atoms with Crippen molar-refractivity contribution in [3.05, 3.63) is 0 Å². The number of hydrogen-bond donors (Lipinski definition) is 0. The lowest BCUT2D eigenvalue weighted by atomic mass is 9.66. The van der Waals surface area contributed by atoms with E-state index in [2.05, 4.69) is 27.7 Å². The van der Waals surface area contributed by atoms with Crippen LogP contribution in [0.3, 0.4) is 0 Å². The number of rotatable bonds is 0. The minimum atomic E-state index is 0.998. The van der Waals surface area contributed by atoms with Crippen molar-refractivity contribution in [3.8, 4) is 0 Å². The minimum Gasteiger partial charge on any atom is -0.0622 e. The lowest BCUT2D eigenvalue weighted by Gasteiger charge is -2.39. The second-order valence-corrected chi connectivity index (χ2v) is 5.88. The van der Waals surface area contributed by atoms with Gasteiger partial charge in [-0.15, -0.1) is 0 Å². The fourth-order valence-electron chi connectivity index (χ4n) is 4.45. The molecule has 76 valence electrons. The highest BCUT2D eigenvalue weighted by atomic mass is 14.5. The normalized spacial score (nSPS) is 56.3. The first-order valence-electron chi connectivity index (χ1n) is 6.11. The van der Waals surface area contributed by atoms with Crippen LogP contribution in [0.5, 0.6) is 0 Å². The van der Waals surface area contributed by atoms with Crippen LogP contribution in [0.4, 0.5) is 0 Å². The highest BCUT2D eigenvalue weighted by Crippen LogP contribution is 2.53. The molecule has 0 bridgehead atoms. The number of hydrogen-bond acceptors (Lipinski definition) is 0. The third-order valence-corrected chi connectivity index (χ3v) is 4.89. The molecule has 6 atom stereocenters. The van der Waals surface area contributed by atoms with Gasteiger partial charge in [-0.2, -0.15) is 0 Å². The Balaban J connectivity index is 2.19. The topological polar surface area (TPSA) is 0 Å². The Labute approximate surface area is 83.1 Å². The van der Waals surface area contributed by atoms with Crippen molar-refractivity contribution in [2.75, 3.05) is 0 Å². The fourth-order valence-corrected chi connectivity index (χ4v) is 4.45. The molecular weight excluding hydrogens is 156 g/mol. The maximum absolute atomic E-state index is 2.48. The fraction of sp³-hybridized carbons (Fsp3) is 1.00. The molecule has 0 nitrogen and oxygen atoms in total. The summed E-state index contributed by atoms with van der Waals surface area (Å²) >= 11 is 0. The zero-order valence-electron chi connectivity index (χ0n) is 9.59. The van der Waals surface area contributed by atoms with Crippen LogP contribution in [0.1, 0.15) is 47.0 Å². The average molecular weight is 180 g/mol. The van der Waals surface area contributed by atoms with Crippen LogP contribution in [-0.4, -0.2) is 0 Å². The van der Waals surface area contributed by atoms with Gasteiger partial charge in [0.15, 0.2) is 0 Å². The van der Waals surface area contributed by atoms with E-state index in [1.54, 1.807) is 0 Å². The highest BCUT2D eigenvalue weighted by molar-refractivity contribution is 4.94. The van der Waals surface area contributed by atoms with E-state index >= 15 is 0 Å². The maximum Gasteiger partial charge on any atom is -0.0329 e. The van der Waals surface area contributed by atoms with E-state index in [4.69, 9.17) is 0 Å². The van der Waals surface area contributed by atoms with Crippen molar-refractivity contribution in [2.24, 2.45) is 35.5 Å². The third kappa shape index (κ3) is 1.43. The van der Waals surface area contributed by atoms with Crippen molar-refractivity contribution >= 4 is 0 Å². The van der Waals surface area contributed by atoms with E-state index in [0.717, 1.165) is 35.5 Å². The second-order valence-electron chi connectivity index (χ2n) is 5.88. The predicted molar refractivity (Wildman–Crippen MR) is 57.5 cm³/mol.